The number of aliphatic carboxylic acids is 2. The van der Waals surface area contributed by atoms with Crippen molar-refractivity contribution < 1.29 is 24.6 Å². The van der Waals surface area contributed by atoms with Gasteiger partial charge in [-0.2, -0.15) is 0 Å². The van der Waals surface area contributed by atoms with Crippen molar-refractivity contribution in [3.05, 3.63) is 59.7 Å². The van der Waals surface area contributed by atoms with Crippen molar-refractivity contribution in [2.24, 2.45) is 11.8 Å². The van der Waals surface area contributed by atoms with Gasteiger partial charge in [0.25, 0.3) is 0 Å². The molecule has 0 radical (unpaired) electrons. The third-order valence-electron chi connectivity index (χ3n) is 5.47. The molecule has 1 unspecified atom stereocenters. The summed E-state index contributed by atoms with van der Waals surface area (Å²) in [7, 11) is 0. The second-order valence-electron chi connectivity index (χ2n) is 7.37. The maximum atomic E-state index is 12.9. The van der Waals surface area contributed by atoms with Crippen LogP contribution >= 0.6 is 0 Å². The molecule has 1 atom stereocenters. The molecular formula is C23H24O5. The number of allylic oxidation sites excluding steroid dienone is 1. The van der Waals surface area contributed by atoms with Gasteiger partial charge in [0.05, 0.1) is 5.92 Å². The number of fused-ring (bicyclic) bond motifs is 1. The summed E-state index contributed by atoms with van der Waals surface area (Å²) in [6.45, 7) is 0. The minimum absolute atomic E-state index is 0.0642. The summed E-state index contributed by atoms with van der Waals surface area (Å²) in [5.41, 5.74) is 0.250. The van der Waals surface area contributed by atoms with E-state index in [-0.39, 0.29) is 23.7 Å². The number of benzene rings is 2. The fraction of sp³-hybridized carbons (Fsp3) is 0.348. The van der Waals surface area contributed by atoms with Crippen molar-refractivity contribution in [2.45, 2.75) is 38.5 Å². The monoisotopic (exact) mass is 380 g/mol. The highest BCUT2D eigenvalue weighted by molar-refractivity contribution is 6.09. The Morgan fingerprint density at radius 1 is 0.964 bits per heavy atom. The van der Waals surface area contributed by atoms with Gasteiger partial charge in [-0.3, -0.25) is 9.59 Å². The Hall–Kier alpha value is -2.95. The molecule has 5 nitrogen and oxygen atoms in total. The molecule has 2 aromatic rings. The fourth-order valence-electron chi connectivity index (χ4n) is 3.99. The first-order valence-corrected chi connectivity index (χ1v) is 9.66. The summed E-state index contributed by atoms with van der Waals surface area (Å²) in [4.78, 5) is 36.6. The first kappa shape index (κ1) is 19.8. The van der Waals surface area contributed by atoms with E-state index in [4.69, 9.17) is 0 Å². The number of carboxylic acids is 2. The molecule has 5 heteroatoms. The summed E-state index contributed by atoms with van der Waals surface area (Å²) >= 11 is 0. The van der Waals surface area contributed by atoms with Crippen molar-refractivity contribution in [2.75, 3.05) is 0 Å². The molecule has 146 valence electrons. The number of ketones is 1. The number of hydrogen-bond donors (Lipinski definition) is 2. The zero-order valence-corrected chi connectivity index (χ0v) is 15.6. The molecular weight excluding hydrogens is 356 g/mol. The van der Waals surface area contributed by atoms with Crippen molar-refractivity contribution in [3.8, 4) is 0 Å². The van der Waals surface area contributed by atoms with Gasteiger partial charge in [-0.15, -0.1) is 0 Å². The Kier molecular flexibility index (Phi) is 6.24. The standard InChI is InChI=1S/C23H24O5/c24-21(18-12-6-10-16-9-4-5-11-17(16)18)14-20(23(27)28)19(22(25)26)13-15-7-2-1-3-8-15/h4-6,9-13,15,20H,1-3,7-8,14H2,(H,25,26)(H,27,28). The Balaban J connectivity index is 1.90. The lowest BCUT2D eigenvalue weighted by Crippen LogP contribution is -2.25. The average molecular weight is 380 g/mol. The van der Waals surface area contributed by atoms with E-state index in [1.54, 1.807) is 18.2 Å². The molecule has 28 heavy (non-hydrogen) atoms. The highest BCUT2D eigenvalue weighted by atomic mass is 16.4. The minimum Gasteiger partial charge on any atom is -0.481 e. The maximum Gasteiger partial charge on any atom is 0.332 e. The van der Waals surface area contributed by atoms with Gasteiger partial charge >= 0.3 is 11.9 Å². The SMILES string of the molecule is O=C(O)C(=CC1CCCCC1)C(CC(=O)c1cccc2ccccc12)C(=O)O. The van der Waals surface area contributed by atoms with E-state index in [0.717, 1.165) is 42.9 Å². The second-order valence-corrected chi connectivity index (χ2v) is 7.37. The van der Waals surface area contributed by atoms with Crippen molar-refractivity contribution in [3.63, 3.8) is 0 Å². The van der Waals surface area contributed by atoms with Gasteiger partial charge in [-0.1, -0.05) is 67.8 Å². The van der Waals surface area contributed by atoms with Crippen LogP contribution in [0, 0.1) is 11.8 Å². The molecule has 1 saturated carbocycles. The van der Waals surface area contributed by atoms with Gasteiger partial charge in [0.15, 0.2) is 5.78 Å². The van der Waals surface area contributed by atoms with Crippen LogP contribution in [-0.4, -0.2) is 27.9 Å². The van der Waals surface area contributed by atoms with Crippen LogP contribution < -0.4 is 0 Å². The molecule has 2 N–H and O–H groups in total. The van der Waals surface area contributed by atoms with Crippen LogP contribution in [0.1, 0.15) is 48.9 Å². The lowest BCUT2D eigenvalue weighted by atomic mass is 9.83. The number of carbonyl (C=O) groups excluding carboxylic acids is 1. The molecule has 0 spiro atoms. The van der Waals surface area contributed by atoms with E-state index in [1.165, 1.54) is 0 Å². The van der Waals surface area contributed by atoms with Crippen LogP contribution in [0.15, 0.2) is 54.1 Å². The summed E-state index contributed by atoms with van der Waals surface area (Å²) in [5, 5.41) is 20.9. The molecule has 1 aliphatic rings. The van der Waals surface area contributed by atoms with E-state index in [1.807, 2.05) is 30.3 Å². The van der Waals surface area contributed by atoms with Crippen LogP contribution in [0.25, 0.3) is 10.8 Å². The Morgan fingerprint density at radius 2 is 1.64 bits per heavy atom. The number of carboxylic acid groups (broad SMARTS) is 2. The summed E-state index contributed by atoms with van der Waals surface area (Å²) < 4.78 is 0. The zero-order valence-electron chi connectivity index (χ0n) is 15.6. The minimum atomic E-state index is -1.36. The van der Waals surface area contributed by atoms with Crippen molar-refractivity contribution >= 4 is 28.5 Å². The van der Waals surface area contributed by atoms with E-state index < -0.39 is 17.9 Å². The van der Waals surface area contributed by atoms with Crippen LogP contribution in [0.3, 0.4) is 0 Å². The Labute approximate surface area is 163 Å². The second kappa shape index (κ2) is 8.83. The van der Waals surface area contributed by atoms with Crippen LogP contribution in [0.4, 0.5) is 0 Å². The van der Waals surface area contributed by atoms with Gasteiger partial charge in [0.2, 0.25) is 0 Å². The van der Waals surface area contributed by atoms with Gasteiger partial charge in [-0.05, 0) is 29.5 Å². The Bertz CT molecular complexity index is 916. The van der Waals surface area contributed by atoms with Crippen molar-refractivity contribution in [1.29, 1.82) is 0 Å². The highest BCUT2D eigenvalue weighted by Crippen LogP contribution is 2.29. The average Bonchev–Trinajstić information content (AvgIpc) is 2.70. The largest absolute Gasteiger partial charge is 0.481 e. The molecule has 0 bridgehead atoms. The molecule has 1 aliphatic carbocycles. The number of hydrogen-bond acceptors (Lipinski definition) is 3. The number of rotatable bonds is 7. The topological polar surface area (TPSA) is 91.7 Å². The number of Topliss-reactive ketones (excluding diaryl/α,β-unsaturated/α-hetero) is 1. The Morgan fingerprint density at radius 3 is 2.32 bits per heavy atom. The summed E-state index contributed by atoms with van der Waals surface area (Å²) in [6, 6.07) is 12.7. The van der Waals surface area contributed by atoms with Crippen molar-refractivity contribution in [1.82, 2.24) is 0 Å². The molecule has 1 fully saturated rings. The predicted octanol–water partition coefficient (Wildman–Crippen LogP) is 4.70. The van der Waals surface area contributed by atoms with Gasteiger partial charge in [-0.25, -0.2) is 4.79 Å². The first-order chi connectivity index (χ1) is 13.5. The molecule has 0 amide bonds. The normalized spacial score (nSPS) is 16.6. The molecule has 0 heterocycles. The first-order valence-electron chi connectivity index (χ1n) is 9.66. The van der Waals surface area contributed by atoms with E-state index in [0.29, 0.717) is 5.56 Å². The third kappa shape index (κ3) is 4.47. The van der Waals surface area contributed by atoms with E-state index >= 15 is 0 Å². The van der Waals surface area contributed by atoms with E-state index in [2.05, 4.69) is 0 Å². The quantitative estimate of drug-likeness (QED) is 0.536. The molecule has 0 aromatic heterocycles. The third-order valence-corrected chi connectivity index (χ3v) is 5.47. The van der Waals surface area contributed by atoms with Gasteiger partial charge < -0.3 is 10.2 Å². The lowest BCUT2D eigenvalue weighted by Gasteiger charge is -2.21. The predicted molar refractivity (Wildman–Crippen MR) is 106 cm³/mol. The van der Waals surface area contributed by atoms with Crippen LogP contribution in [-0.2, 0) is 9.59 Å². The smallest absolute Gasteiger partial charge is 0.332 e. The van der Waals surface area contributed by atoms with Gasteiger partial charge in [0, 0.05) is 17.6 Å². The molecule has 2 aromatic carbocycles. The zero-order chi connectivity index (χ0) is 20.1. The number of carbonyl (C=O) groups is 3. The maximum absolute atomic E-state index is 12.9. The lowest BCUT2D eigenvalue weighted by molar-refractivity contribution is -0.143. The summed E-state index contributed by atoms with van der Waals surface area (Å²) in [5.74, 6) is -4.19. The molecule has 3 rings (SSSR count). The fourth-order valence-corrected chi connectivity index (χ4v) is 3.99. The van der Waals surface area contributed by atoms with E-state index in [9.17, 15) is 24.6 Å². The molecule has 0 aliphatic heterocycles. The highest BCUT2D eigenvalue weighted by Gasteiger charge is 2.31. The van der Waals surface area contributed by atoms with Gasteiger partial charge in [0.1, 0.15) is 0 Å². The van der Waals surface area contributed by atoms with Crippen LogP contribution in [0.5, 0.6) is 0 Å². The van der Waals surface area contributed by atoms with Crippen LogP contribution in [0.2, 0.25) is 0 Å². The molecule has 0 saturated heterocycles. The summed E-state index contributed by atoms with van der Waals surface area (Å²) in [6.07, 6.45) is 6.09.